The molecule has 0 aromatic carbocycles. The largest absolute Gasteiger partial charge is 0.373 e. The van der Waals surface area contributed by atoms with Crippen LogP contribution in [0.15, 0.2) is 0 Å². The Balaban J connectivity index is 2.20. The number of ether oxygens (including phenoxy) is 1. The van der Waals surface area contributed by atoms with E-state index < -0.39 is 11.9 Å². The Bertz CT molecular complexity index is 193. The fourth-order valence-corrected chi connectivity index (χ4v) is 0.907. The van der Waals surface area contributed by atoms with Crippen molar-refractivity contribution >= 4 is 12.3 Å². The van der Waals surface area contributed by atoms with Gasteiger partial charge in [0.15, 0.2) is 0 Å². The summed E-state index contributed by atoms with van der Waals surface area (Å²) in [6.07, 6.45) is 0.577. The van der Waals surface area contributed by atoms with E-state index in [1.54, 1.807) is 0 Å². The molecule has 74 valence electrons. The lowest BCUT2D eigenvalue weighted by atomic mass is 10.2. The summed E-state index contributed by atoms with van der Waals surface area (Å²) >= 11 is 0. The smallest absolute Gasteiger partial charge is 0.242 e. The first-order valence-electron chi connectivity index (χ1n) is 4.05. The molecule has 1 aliphatic rings. The summed E-state index contributed by atoms with van der Waals surface area (Å²) < 4.78 is 5.27. The number of hydrogen-bond donors (Lipinski definition) is 3. The van der Waals surface area contributed by atoms with Crippen LogP contribution in [0.5, 0.6) is 0 Å². The van der Waals surface area contributed by atoms with E-state index in [9.17, 15) is 9.59 Å². The summed E-state index contributed by atoms with van der Waals surface area (Å²) in [5, 5.41) is 5.30. The molecule has 1 heterocycles. The van der Waals surface area contributed by atoms with Crippen LogP contribution in [0.3, 0.4) is 0 Å². The molecule has 0 spiro atoms. The number of nitrogens with two attached hydrogens (primary N) is 1. The van der Waals surface area contributed by atoms with Crippen molar-refractivity contribution < 1.29 is 14.3 Å². The Morgan fingerprint density at radius 1 is 1.77 bits per heavy atom. The van der Waals surface area contributed by atoms with Gasteiger partial charge in [-0.1, -0.05) is 0 Å². The second-order valence-electron chi connectivity index (χ2n) is 2.85. The van der Waals surface area contributed by atoms with E-state index in [0.717, 1.165) is 13.1 Å². The molecule has 0 saturated carbocycles. The van der Waals surface area contributed by atoms with Gasteiger partial charge in [0.1, 0.15) is 6.04 Å². The first-order chi connectivity index (χ1) is 6.24. The molecular weight excluding hydrogens is 174 g/mol. The van der Waals surface area contributed by atoms with Gasteiger partial charge in [-0.3, -0.25) is 9.59 Å². The van der Waals surface area contributed by atoms with Crippen LogP contribution < -0.4 is 16.4 Å². The van der Waals surface area contributed by atoms with Crippen molar-refractivity contribution in [1.29, 1.82) is 0 Å². The highest BCUT2D eigenvalue weighted by Gasteiger charge is 2.21. The third-order valence-corrected chi connectivity index (χ3v) is 1.86. The number of primary amides is 1. The minimum absolute atomic E-state index is 0.135. The van der Waals surface area contributed by atoms with E-state index in [0.29, 0.717) is 6.41 Å². The number of amides is 2. The van der Waals surface area contributed by atoms with Crippen LogP contribution >= 0.6 is 0 Å². The Kier molecular flexibility index (Phi) is 3.66. The first-order valence-corrected chi connectivity index (χ1v) is 4.05. The molecule has 1 fully saturated rings. The van der Waals surface area contributed by atoms with Gasteiger partial charge < -0.3 is 21.1 Å². The van der Waals surface area contributed by atoms with Crippen LogP contribution in [0.25, 0.3) is 0 Å². The number of nitrogens with one attached hydrogen (secondary N) is 2. The molecule has 13 heavy (non-hydrogen) atoms. The van der Waals surface area contributed by atoms with E-state index in [-0.39, 0.29) is 12.7 Å². The summed E-state index contributed by atoms with van der Waals surface area (Å²) in [5.41, 5.74) is 5.01. The highest BCUT2D eigenvalue weighted by Crippen LogP contribution is 1.98. The van der Waals surface area contributed by atoms with E-state index in [4.69, 9.17) is 10.5 Å². The van der Waals surface area contributed by atoms with Crippen LogP contribution in [0.2, 0.25) is 0 Å². The molecule has 0 aromatic rings. The van der Waals surface area contributed by atoms with Gasteiger partial charge in [-0.05, 0) is 0 Å². The Labute approximate surface area is 75.8 Å². The third kappa shape index (κ3) is 3.00. The Hall–Kier alpha value is -1.14. The zero-order valence-electron chi connectivity index (χ0n) is 7.16. The van der Waals surface area contributed by atoms with E-state index in [1.807, 2.05) is 0 Å². The van der Waals surface area contributed by atoms with E-state index >= 15 is 0 Å². The quantitative estimate of drug-likeness (QED) is 0.403. The lowest BCUT2D eigenvalue weighted by molar-refractivity contribution is -0.125. The summed E-state index contributed by atoms with van der Waals surface area (Å²) in [7, 11) is 0. The average molecular weight is 187 g/mol. The zero-order chi connectivity index (χ0) is 9.68. The van der Waals surface area contributed by atoms with Crippen molar-refractivity contribution in [3.8, 4) is 0 Å². The van der Waals surface area contributed by atoms with Gasteiger partial charge in [0.25, 0.3) is 0 Å². The maximum absolute atomic E-state index is 10.7. The molecule has 1 rings (SSSR count). The predicted molar refractivity (Wildman–Crippen MR) is 44.8 cm³/mol. The van der Waals surface area contributed by atoms with Crippen LogP contribution in [-0.4, -0.2) is 44.2 Å². The van der Waals surface area contributed by atoms with Gasteiger partial charge >= 0.3 is 0 Å². The minimum Gasteiger partial charge on any atom is -0.373 e. The Morgan fingerprint density at radius 2 is 2.46 bits per heavy atom. The van der Waals surface area contributed by atoms with Crippen molar-refractivity contribution in [2.45, 2.75) is 12.1 Å². The van der Waals surface area contributed by atoms with Crippen LogP contribution in [0.1, 0.15) is 0 Å². The van der Waals surface area contributed by atoms with Crippen molar-refractivity contribution in [2.75, 3.05) is 19.7 Å². The van der Waals surface area contributed by atoms with Gasteiger partial charge in [0.05, 0.1) is 12.7 Å². The molecule has 6 heteroatoms. The fourth-order valence-electron chi connectivity index (χ4n) is 0.907. The monoisotopic (exact) mass is 187 g/mol. The molecule has 4 N–H and O–H groups in total. The lowest BCUT2D eigenvalue weighted by Crippen LogP contribution is -2.52. The fraction of sp³-hybridized carbons (Fsp3) is 0.714. The summed E-state index contributed by atoms with van der Waals surface area (Å²) in [5.74, 6) is -0.584. The van der Waals surface area contributed by atoms with Gasteiger partial charge in [0.2, 0.25) is 12.3 Å². The third-order valence-electron chi connectivity index (χ3n) is 1.86. The highest BCUT2D eigenvalue weighted by atomic mass is 16.5. The van der Waals surface area contributed by atoms with E-state index in [2.05, 4.69) is 10.6 Å². The van der Waals surface area contributed by atoms with Gasteiger partial charge in [-0.25, -0.2) is 0 Å². The van der Waals surface area contributed by atoms with Crippen LogP contribution in [0.4, 0.5) is 0 Å². The number of rotatable bonds is 6. The molecule has 0 radical (unpaired) electrons. The highest BCUT2D eigenvalue weighted by molar-refractivity contribution is 5.81. The van der Waals surface area contributed by atoms with Gasteiger partial charge in [0, 0.05) is 13.1 Å². The number of carbonyl (C=O) groups is 2. The predicted octanol–water partition coefficient (Wildman–Crippen LogP) is -2.43. The summed E-state index contributed by atoms with van der Waals surface area (Å²) in [4.78, 5) is 20.8. The van der Waals surface area contributed by atoms with E-state index in [1.165, 1.54) is 0 Å². The van der Waals surface area contributed by atoms with Gasteiger partial charge in [-0.15, -0.1) is 0 Å². The molecule has 2 amide bonds. The molecule has 0 aliphatic carbocycles. The molecule has 0 aromatic heterocycles. The summed E-state index contributed by atoms with van der Waals surface area (Å²) in [6.45, 7) is 1.71. The normalized spacial score (nSPS) is 18.8. The minimum atomic E-state index is -0.724. The lowest BCUT2D eigenvalue weighted by Gasteiger charge is -2.28. The topological polar surface area (TPSA) is 93.5 Å². The standard InChI is InChI=1S/C7H13N3O3/c8-7(12)6(10-4-11)3-13-5-1-9-2-5/h4-6,9H,1-3H2,(H2,8,12)(H,10,11). The van der Waals surface area contributed by atoms with Crippen LogP contribution in [-0.2, 0) is 14.3 Å². The second-order valence-corrected chi connectivity index (χ2v) is 2.85. The molecule has 1 unspecified atom stereocenters. The molecule has 1 aliphatic heterocycles. The molecule has 0 bridgehead atoms. The summed E-state index contributed by atoms with van der Waals surface area (Å²) in [6, 6.07) is -0.724. The SMILES string of the molecule is NC(=O)C(COC1CNC1)NC=O. The zero-order valence-corrected chi connectivity index (χ0v) is 7.16. The molecule has 1 atom stereocenters. The number of carbonyl (C=O) groups excluding carboxylic acids is 2. The van der Waals surface area contributed by atoms with Crippen molar-refractivity contribution in [3.63, 3.8) is 0 Å². The average Bonchev–Trinajstić information content (AvgIpc) is 1.99. The first kappa shape index (κ1) is 9.94. The van der Waals surface area contributed by atoms with Crippen molar-refractivity contribution in [3.05, 3.63) is 0 Å². The maximum Gasteiger partial charge on any atom is 0.242 e. The molecular formula is C7H13N3O3. The molecule has 1 saturated heterocycles. The van der Waals surface area contributed by atoms with Gasteiger partial charge in [-0.2, -0.15) is 0 Å². The van der Waals surface area contributed by atoms with Crippen molar-refractivity contribution in [2.24, 2.45) is 5.73 Å². The van der Waals surface area contributed by atoms with Crippen molar-refractivity contribution in [1.82, 2.24) is 10.6 Å². The molecule has 6 nitrogen and oxygen atoms in total. The number of hydrogen-bond acceptors (Lipinski definition) is 4. The Morgan fingerprint density at radius 3 is 2.85 bits per heavy atom. The maximum atomic E-state index is 10.7. The second kappa shape index (κ2) is 4.78. The van der Waals surface area contributed by atoms with Crippen LogP contribution in [0, 0.1) is 0 Å².